The van der Waals surface area contributed by atoms with Gasteiger partial charge in [-0.1, -0.05) is 6.07 Å². The van der Waals surface area contributed by atoms with Crippen LogP contribution < -0.4 is 0 Å². The number of benzene rings is 1. The maximum absolute atomic E-state index is 13.5. The second kappa shape index (κ2) is 8.41. The molecule has 0 atom stereocenters. The van der Waals surface area contributed by atoms with Gasteiger partial charge in [0, 0.05) is 26.2 Å². The average molecular weight is 356 g/mol. The lowest BCUT2D eigenvalue weighted by Gasteiger charge is -2.33. The molecule has 9 heteroatoms. The van der Waals surface area contributed by atoms with Crippen LogP contribution in [0.1, 0.15) is 17.3 Å². The number of halogens is 2. The van der Waals surface area contributed by atoms with Crippen molar-refractivity contribution in [2.24, 2.45) is 0 Å². The lowest BCUT2D eigenvalue weighted by molar-refractivity contribution is -0.136. The highest BCUT2D eigenvalue weighted by Crippen LogP contribution is 2.13. The lowest BCUT2D eigenvalue weighted by Crippen LogP contribution is -2.51. The molecule has 25 heavy (non-hydrogen) atoms. The van der Waals surface area contributed by atoms with Crippen molar-refractivity contribution in [3.05, 3.63) is 35.4 Å². The highest BCUT2D eigenvalue weighted by molar-refractivity contribution is 5.91. The third-order valence-electron chi connectivity index (χ3n) is 3.65. The Hall–Kier alpha value is -2.71. The van der Waals surface area contributed by atoms with Crippen molar-refractivity contribution in [1.29, 1.82) is 0 Å². The van der Waals surface area contributed by atoms with E-state index in [2.05, 4.69) is 0 Å². The highest BCUT2D eigenvalue weighted by Gasteiger charge is 2.26. The molecule has 1 fully saturated rings. The fourth-order valence-electron chi connectivity index (χ4n) is 2.34. The van der Waals surface area contributed by atoms with Gasteiger partial charge in [-0.05, 0) is 19.1 Å². The second-order valence-electron chi connectivity index (χ2n) is 5.24. The van der Waals surface area contributed by atoms with Gasteiger partial charge in [0.25, 0.3) is 5.91 Å². The zero-order valence-corrected chi connectivity index (χ0v) is 13.7. The monoisotopic (exact) mass is 356 g/mol. The molecular weight excluding hydrogens is 338 g/mol. The first-order chi connectivity index (χ1) is 11.9. The van der Waals surface area contributed by atoms with Crippen LogP contribution in [-0.4, -0.2) is 67.2 Å². The normalized spacial score (nSPS) is 14.2. The average Bonchev–Trinajstić information content (AvgIpc) is 2.60. The van der Waals surface area contributed by atoms with Gasteiger partial charge in [0.2, 0.25) is 0 Å². The van der Waals surface area contributed by atoms with E-state index in [1.165, 1.54) is 9.80 Å². The van der Waals surface area contributed by atoms with Crippen molar-refractivity contribution in [2.75, 3.05) is 39.4 Å². The molecular formula is C16H18F2N2O5. The second-order valence-corrected chi connectivity index (χ2v) is 5.24. The van der Waals surface area contributed by atoms with E-state index in [-0.39, 0.29) is 19.7 Å². The van der Waals surface area contributed by atoms with Crippen LogP contribution in [0.2, 0.25) is 0 Å². The molecule has 136 valence electrons. The molecule has 0 aliphatic carbocycles. The molecule has 1 heterocycles. The van der Waals surface area contributed by atoms with Gasteiger partial charge >= 0.3 is 12.1 Å². The molecule has 2 amide bonds. The summed E-state index contributed by atoms with van der Waals surface area (Å²) in [5.74, 6) is -3.86. The zero-order valence-electron chi connectivity index (χ0n) is 13.7. The Morgan fingerprint density at radius 2 is 1.56 bits per heavy atom. The van der Waals surface area contributed by atoms with E-state index in [9.17, 15) is 23.2 Å². The SMILES string of the molecule is CCOC(=O)N1CCN(C(=O)COC(=O)c2c(F)cccc2F)CC1. The van der Waals surface area contributed by atoms with Crippen molar-refractivity contribution in [2.45, 2.75) is 6.92 Å². The minimum absolute atomic E-state index is 0.253. The minimum Gasteiger partial charge on any atom is -0.452 e. The van der Waals surface area contributed by atoms with Crippen LogP contribution in [0.3, 0.4) is 0 Å². The summed E-state index contributed by atoms with van der Waals surface area (Å²) in [5.41, 5.74) is -0.831. The summed E-state index contributed by atoms with van der Waals surface area (Å²) in [4.78, 5) is 38.2. The Morgan fingerprint density at radius 1 is 1.00 bits per heavy atom. The number of hydrogen-bond acceptors (Lipinski definition) is 5. The predicted molar refractivity (Wildman–Crippen MR) is 81.8 cm³/mol. The van der Waals surface area contributed by atoms with Gasteiger partial charge < -0.3 is 19.3 Å². The first-order valence-electron chi connectivity index (χ1n) is 7.74. The van der Waals surface area contributed by atoms with Gasteiger partial charge in [0.05, 0.1) is 6.61 Å². The van der Waals surface area contributed by atoms with Crippen LogP contribution in [0.4, 0.5) is 13.6 Å². The number of esters is 1. The molecule has 1 aromatic rings. The smallest absolute Gasteiger partial charge is 0.409 e. The summed E-state index contributed by atoms with van der Waals surface area (Å²) in [7, 11) is 0. The van der Waals surface area contributed by atoms with Crippen LogP contribution in [-0.2, 0) is 14.3 Å². The van der Waals surface area contributed by atoms with Gasteiger partial charge in [-0.3, -0.25) is 4.79 Å². The van der Waals surface area contributed by atoms with Gasteiger partial charge in [0.1, 0.15) is 17.2 Å². The number of hydrogen-bond donors (Lipinski definition) is 0. The minimum atomic E-state index is -1.24. The number of carbonyl (C=O) groups is 3. The fraction of sp³-hybridized carbons (Fsp3) is 0.438. The molecule has 1 saturated heterocycles. The summed E-state index contributed by atoms with van der Waals surface area (Å²) < 4.78 is 36.5. The number of rotatable bonds is 4. The summed E-state index contributed by atoms with van der Waals surface area (Å²) >= 11 is 0. The molecule has 2 rings (SSSR count). The van der Waals surface area contributed by atoms with E-state index in [1.54, 1.807) is 6.92 Å². The third-order valence-corrected chi connectivity index (χ3v) is 3.65. The van der Waals surface area contributed by atoms with Gasteiger partial charge in [-0.15, -0.1) is 0 Å². The Labute approximate surface area is 143 Å². The molecule has 0 N–H and O–H groups in total. The quantitative estimate of drug-likeness (QED) is 0.763. The number of ether oxygens (including phenoxy) is 2. The van der Waals surface area contributed by atoms with Gasteiger partial charge in [-0.2, -0.15) is 0 Å². The van der Waals surface area contributed by atoms with E-state index in [0.717, 1.165) is 18.2 Å². The molecule has 0 bridgehead atoms. The van der Waals surface area contributed by atoms with Crippen LogP contribution in [0.15, 0.2) is 18.2 Å². The summed E-state index contributed by atoms with van der Waals surface area (Å²) in [6, 6.07) is 2.97. The molecule has 0 aromatic heterocycles. The first kappa shape index (κ1) is 18.6. The maximum Gasteiger partial charge on any atom is 0.409 e. The van der Waals surface area contributed by atoms with E-state index in [1.807, 2.05) is 0 Å². The third kappa shape index (κ3) is 4.65. The molecule has 1 aliphatic rings. The topological polar surface area (TPSA) is 76.2 Å². The standard InChI is InChI=1S/C16H18F2N2O5/c1-2-24-16(23)20-8-6-19(7-9-20)13(21)10-25-15(22)14-11(17)4-3-5-12(14)18/h3-5H,2,6-10H2,1H3. The van der Waals surface area contributed by atoms with Crippen molar-refractivity contribution < 1.29 is 32.6 Å². The molecule has 1 aromatic carbocycles. The Balaban J connectivity index is 1.83. The van der Waals surface area contributed by atoms with Crippen molar-refractivity contribution >= 4 is 18.0 Å². The van der Waals surface area contributed by atoms with E-state index < -0.39 is 41.8 Å². The van der Waals surface area contributed by atoms with Gasteiger partial charge in [0.15, 0.2) is 6.61 Å². The first-order valence-corrected chi connectivity index (χ1v) is 7.74. The van der Waals surface area contributed by atoms with Crippen molar-refractivity contribution in [3.63, 3.8) is 0 Å². The number of amides is 2. The van der Waals surface area contributed by atoms with Crippen LogP contribution in [0.5, 0.6) is 0 Å². The number of nitrogens with zero attached hydrogens (tertiary/aromatic N) is 2. The van der Waals surface area contributed by atoms with Crippen molar-refractivity contribution in [1.82, 2.24) is 9.80 Å². The van der Waals surface area contributed by atoms with Crippen LogP contribution >= 0.6 is 0 Å². The summed E-state index contributed by atoms with van der Waals surface area (Å²) in [6.07, 6.45) is -0.448. The summed E-state index contributed by atoms with van der Waals surface area (Å²) in [6.45, 7) is 2.42. The Kier molecular flexibility index (Phi) is 6.26. The van der Waals surface area contributed by atoms with Gasteiger partial charge in [-0.25, -0.2) is 18.4 Å². The fourth-order valence-corrected chi connectivity index (χ4v) is 2.34. The largest absolute Gasteiger partial charge is 0.452 e. The molecule has 0 spiro atoms. The number of piperazine rings is 1. The molecule has 1 aliphatic heterocycles. The summed E-state index contributed by atoms with van der Waals surface area (Å²) in [5, 5.41) is 0. The van der Waals surface area contributed by atoms with Crippen LogP contribution in [0, 0.1) is 11.6 Å². The Morgan fingerprint density at radius 3 is 2.12 bits per heavy atom. The van der Waals surface area contributed by atoms with E-state index in [4.69, 9.17) is 9.47 Å². The van der Waals surface area contributed by atoms with E-state index >= 15 is 0 Å². The van der Waals surface area contributed by atoms with E-state index in [0.29, 0.717) is 13.1 Å². The molecule has 0 unspecified atom stereocenters. The lowest BCUT2D eigenvalue weighted by atomic mass is 10.2. The molecule has 0 radical (unpaired) electrons. The highest BCUT2D eigenvalue weighted by atomic mass is 19.1. The van der Waals surface area contributed by atoms with Crippen molar-refractivity contribution in [3.8, 4) is 0 Å². The number of carbonyl (C=O) groups excluding carboxylic acids is 3. The predicted octanol–water partition coefficient (Wildman–Crippen LogP) is 1.42. The Bertz CT molecular complexity index is 640. The van der Waals surface area contributed by atoms with Crippen LogP contribution in [0.25, 0.3) is 0 Å². The molecule has 7 nitrogen and oxygen atoms in total. The zero-order chi connectivity index (χ0) is 18.4. The maximum atomic E-state index is 13.5. The molecule has 0 saturated carbocycles.